The lowest BCUT2D eigenvalue weighted by atomic mass is 10.2. The number of hydrogen-bond acceptors (Lipinski definition) is 7. The fraction of sp³-hybridized carbons (Fsp3) is 0.176. The summed E-state index contributed by atoms with van der Waals surface area (Å²) in [7, 11) is 3.36. The quantitative estimate of drug-likeness (QED) is 0.805. The van der Waals surface area contributed by atoms with E-state index in [2.05, 4.69) is 15.5 Å². The number of hydrogen-bond donors (Lipinski definition) is 2. The molecule has 0 amide bonds. The molecule has 8 nitrogen and oxygen atoms in total. The van der Waals surface area contributed by atoms with Crippen molar-refractivity contribution in [3.63, 3.8) is 0 Å². The van der Waals surface area contributed by atoms with Crippen LogP contribution < -0.4 is 16.0 Å². The summed E-state index contributed by atoms with van der Waals surface area (Å²) >= 11 is 0. The number of methoxy groups -OCH3 is 1. The first kappa shape index (κ1) is 16.2. The number of fused-ring (bicyclic) bond motifs is 1. The van der Waals surface area contributed by atoms with Crippen molar-refractivity contribution in [2.75, 3.05) is 7.11 Å². The monoisotopic (exact) mass is 355 g/mol. The molecule has 3 N–H and O–H groups in total. The lowest BCUT2D eigenvalue weighted by Gasteiger charge is -2.24. The van der Waals surface area contributed by atoms with E-state index in [1.54, 1.807) is 23.1 Å². The molecule has 2 aliphatic heterocycles. The van der Waals surface area contributed by atoms with Crippen LogP contribution in [0.1, 0.15) is 11.1 Å². The molecular formula is C17H18FN7O. The molecule has 0 saturated heterocycles. The molecule has 0 saturated carbocycles. The highest BCUT2D eigenvalue weighted by Gasteiger charge is 2.30. The maximum atomic E-state index is 13.8. The molecule has 2 aromatic rings. The summed E-state index contributed by atoms with van der Waals surface area (Å²) in [5.41, 5.74) is 7.33. The fourth-order valence-electron chi connectivity index (χ4n) is 2.95. The number of rotatable bonds is 4. The second kappa shape index (κ2) is 6.19. The number of nitrogens with two attached hydrogens (primary N) is 1. The van der Waals surface area contributed by atoms with Crippen LogP contribution in [0, 0.1) is 5.82 Å². The first-order valence-electron chi connectivity index (χ1n) is 7.94. The van der Waals surface area contributed by atoms with Crippen LogP contribution in [0.2, 0.25) is 0 Å². The number of hydrazine groups is 2. The predicted molar refractivity (Wildman–Crippen MR) is 94.4 cm³/mol. The Morgan fingerprint density at radius 1 is 1.31 bits per heavy atom. The van der Waals surface area contributed by atoms with Gasteiger partial charge in [-0.25, -0.2) is 15.2 Å². The molecule has 0 atom stereocenters. The summed E-state index contributed by atoms with van der Waals surface area (Å²) < 4.78 is 20.7. The van der Waals surface area contributed by atoms with E-state index in [1.165, 1.54) is 30.6 Å². The fourth-order valence-corrected chi connectivity index (χ4v) is 2.95. The zero-order valence-corrected chi connectivity index (χ0v) is 14.3. The molecule has 4 rings (SSSR count). The maximum absolute atomic E-state index is 13.8. The van der Waals surface area contributed by atoms with Crippen LogP contribution in [0.4, 0.5) is 4.39 Å². The van der Waals surface area contributed by atoms with Gasteiger partial charge < -0.3 is 4.74 Å². The Kier molecular flexibility index (Phi) is 3.85. The van der Waals surface area contributed by atoms with Gasteiger partial charge in [0.2, 0.25) is 0 Å². The van der Waals surface area contributed by atoms with Crippen molar-refractivity contribution in [2.45, 2.75) is 6.54 Å². The predicted octanol–water partition coefficient (Wildman–Crippen LogP) is 1.32. The van der Waals surface area contributed by atoms with Gasteiger partial charge >= 0.3 is 0 Å². The number of nitrogens with one attached hydrogen (secondary N) is 1. The van der Waals surface area contributed by atoms with Crippen molar-refractivity contribution < 1.29 is 9.13 Å². The second-order valence-electron chi connectivity index (χ2n) is 6.03. The topological polar surface area (TPSA) is 83.9 Å². The van der Waals surface area contributed by atoms with Gasteiger partial charge in [-0.15, -0.1) is 0 Å². The molecule has 0 fully saturated rings. The average Bonchev–Trinajstić information content (AvgIpc) is 3.18. The van der Waals surface area contributed by atoms with Crippen LogP contribution in [0.25, 0.3) is 5.70 Å². The Morgan fingerprint density at radius 3 is 2.88 bits per heavy atom. The largest absolute Gasteiger partial charge is 0.497 e. The standard InChI is InChI=1S/C17H18FN7O/c1-23-8-12(6-21-23)16-17-15(9-24(19)10-20-17)25(22-16)7-11-3-13(18)5-14(4-11)26-2/h3-6,8-10,22H,7,19H2,1-2H3. The van der Waals surface area contributed by atoms with Crippen molar-refractivity contribution in [3.05, 3.63) is 65.1 Å². The van der Waals surface area contributed by atoms with E-state index in [0.29, 0.717) is 12.3 Å². The first-order chi connectivity index (χ1) is 12.5. The molecule has 0 unspecified atom stereocenters. The van der Waals surface area contributed by atoms with Gasteiger partial charge in [0.05, 0.1) is 25.5 Å². The molecule has 0 bridgehead atoms. The number of benzene rings is 1. The minimum atomic E-state index is -0.352. The lowest BCUT2D eigenvalue weighted by Crippen LogP contribution is -2.33. The van der Waals surface area contributed by atoms with Crippen LogP contribution in [0.3, 0.4) is 0 Å². The van der Waals surface area contributed by atoms with Crippen molar-refractivity contribution in [2.24, 2.45) is 17.9 Å². The lowest BCUT2D eigenvalue weighted by molar-refractivity contribution is 0.301. The van der Waals surface area contributed by atoms with E-state index in [1.807, 2.05) is 18.3 Å². The molecule has 134 valence electrons. The van der Waals surface area contributed by atoms with Gasteiger partial charge in [0, 0.05) is 31.1 Å². The van der Waals surface area contributed by atoms with E-state index in [4.69, 9.17) is 10.6 Å². The second-order valence-corrected chi connectivity index (χ2v) is 6.03. The highest BCUT2D eigenvalue weighted by atomic mass is 19.1. The number of nitrogens with zero attached hydrogens (tertiary/aromatic N) is 5. The highest BCUT2D eigenvalue weighted by Crippen LogP contribution is 2.34. The normalized spacial score (nSPS) is 15.9. The van der Waals surface area contributed by atoms with Gasteiger partial charge in [0.25, 0.3) is 0 Å². The summed E-state index contributed by atoms with van der Waals surface area (Å²) in [4.78, 5) is 4.43. The molecule has 9 heteroatoms. The van der Waals surface area contributed by atoms with Crippen molar-refractivity contribution in [1.82, 2.24) is 25.2 Å². The Bertz CT molecular complexity index is 946. The van der Waals surface area contributed by atoms with Crippen molar-refractivity contribution in [3.8, 4) is 5.75 Å². The molecular weight excluding hydrogens is 337 g/mol. The van der Waals surface area contributed by atoms with Gasteiger partial charge in [-0.3, -0.25) is 20.1 Å². The molecule has 0 radical (unpaired) electrons. The van der Waals surface area contributed by atoms with Crippen LogP contribution in [-0.4, -0.2) is 33.2 Å². The van der Waals surface area contributed by atoms with E-state index >= 15 is 0 Å². The molecule has 0 aliphatic carbocycles. The van der Waals surface area contributed by atoms with Crippen LogP contribution in [-0.2, 0) is 13.6 Å². The summed E-state index contributed by atoms with van der Waals surface area (Å²) in [6.07, 6.45) is 6.94. The molecule has 3 heterocycles. The van der Waals surface area contributed by atoms with Crippen LogP contribution in [0.5, 0.6) is 5.75 Å². The molecule has 1 aromatic heterocycles. The third kappa shape index (κ3) is 2.88. The molecule has 2 aliphatic rings. The Hall–Kier alpha value is -3.33. The van der Waals surface area contributed by atoms with Gasteiger partial charge in [-0.2, -0.15) is 5.10 Å². The number of halogens is 1. The van der Waals surface area contributed by atoms with Crippen molar-refractivity contribution >= 4 is 12.0 Å². The maximum Gasteiger partial charge on any atom is 0.127 e. The van der Waals surface area contributed by atoms with E-state index < -0.39 is 0 Å². The number of ether oxygens (including phenoxy) is 1. The van der Waals surface area contributed by atoms with Crippen LogP contribution in [0.15, 0.2) is 53.2 Å². The third-order valence-electron chi connectivity index (χ3n) is 4.11. The van der Waals surface area contributed by atoms with Crippen LogP contribution >= 0.6 is 0 Å². The Balaban J connectivity index is 1.68. The average molecular weight is 355 g/mol. The Labute approximate surface area is 149 Å². The minimum absolute atomic E-state index is 0.352. The minimum Gasteiger partial charge on any atom is -0.497 e. The van der Waals surface area contributed by atoms with Gasteiger partial charge in [0.1, 0.15) is 29.3 Å². The van der Waals surface area contributed by atoms with Gasteiger partial charge in [0.15, 0.2) is 0 Å². The zero-order chi connectivity index (χ0) is 18.3. The van der Waals surface area contributed by atoms with E-state index in [0.717, 1.165) is 28.2 Å². The number of aliphatic imine (C=N–C) groups is 1. The molecule has 1 aromatic carbocycles. The zero-order valence-electron chi connectivity index (χ0n) is 14.3. The van der Waals surface area contributed by atoms with Gasteiger partial charge in [-0.1, -0.05) is 0 Å². The first-order valence-corrected chi connectivity index (χ1v) is 7.94. The SMILES string of the molecule is COc1cc(F)cc(CN2NC(c3cnn(C)c3)=C3N=CN(N)C=C32)c1. The highest BCUT2D eigenvalue weighted by molar-refractivity contribution is 5.77. The number of aryl methyl sites for hydroxylation is 1. The molecule has 0 spiro atoms. The van der Waals surface area contributed by atoms with Gasteiger partial charge in [-0.05, 0) is 17.7 Å². The molecule has 26 heavy (non-hydrogen) atoms. The van der Waals surface area contributed by atoms with Crippen molar-refractivity contribution in [1.29, 1.82) is 0 Å². The van der Waals surface area contributed by atoms with E-state index in [-0.39, 0.29) is 5.82 Å². The summed E-state index contributed by atoms with van der Waals surface area (Å²) in [5, 5.41) is 7.45. The number of aromatic nitrogens is 2. The summed E-state index contributed by atoms with van der Waals surface area (Å²) in [5.74, 6) is 5.96. The summed E-state index contributed by atoms with van der Waals surface area (Å²) in [6, 6.07) is 4.61. The third-order valence-corrected chi connectivity index (χ3v) is 4.11. The Morgan fingerprint density at radius 2 is 2.15 bits per heavy atom. The summed E-state index contributed by atoms with van der Waals surface area (Å²) in [6.45, 7) is 0.399. The van der Waals surface area contributed by atoms with E-state index in [9.17, 15) is 4.39 Å². The smallest absolute Gasteiger partial charge is 0.127 e.